The molecule has 1 aromatic rings. The van der Waals surface area contributed by atoms with E-state index < -0.39 is 15.8 Å². The van der Waals surface area contributed by atoms with E-state index in [9.17, 15) is 12.8 Å². The summed E-state index contributed by atoms with van der Waals surface area (Å²) >= 11 is 11.4. The van der Waals surface area contributed by atoms with Crippen LogP contribution in [0, 0.1) is 5.82 Å². The summed E-state index contributed by atoms with van der Waals surface area (Å²) in [5, 5.41) is 0.169. The van der Waals surface area contributed by atoms with Gasteiger partial charge in [-0.1, -0.05) is 11.6 Å². The second-order valence-electron chi connectivity index (χ2n) is 4.62. The fourth-order valence-electron chi connectivity index (χ4n) is 2.29. The molecule has 3 nitrogen and oxygen atoms in total. The molecule has 1 fully saturated rings. The zero-order valence-corrected chi connectivity index (χ0v) is 12.7. The molecule has 7 heteroatoms. The first-order chi connectivity index (χ1) is 8.87. The van der Waals surface area contributed by atoms with Crippen molar-refractivity contribution in [1.29, 1.82) is 0 Å². The quantitative estimate of drug-likeness (QED) is 0.799. The monoisotopic (exact) mass is 325 g/mol. The van der Waals surface area contributed by atoms with E-state index >= 15 is 0 Å². The molecule has 0 amide bonds. The molecule has 1 atom stereocenters. The van der Waals surface area contributed by atoms with Gasteiger partial charge in [0, 0.05) is 23.2 Å². The predicted molar refractivity (Wildman–Crippen MR) is 73.6 cm³/mol. The van der Waals surface area contributed by atoms with E-state index in [4.69, 9.17) is 23.2 Å². The van der Waals surface area contributed by atoms with Crippen LogP contribution in [-0.2, 0) is 15.9 Å². The molecule has 0 bridgehead atoms. The summed E-state index contributed by atoms with van der Waals surface area (Å²) < 4.78 is 40.4. The highest BCUT2D eigenvalue weighted by atomic mass is 35.5. The molecular weight excluding hydrogens is 312 g/mol. The Kier molecular flexibility index (Phi) is 4.40. The fourth-order valence-corrected chi connectivity index (χ4v) is 4.63. The first-order valence-electron chi connectivity index (χ1n) is 5.93. The number of benzene rings is 1. The Labute approximate surface area is 122 Å². The van der Waals surface area contributed by atoms with Crippen LogP contribution in [0.5, 0.6) is 0 Å². The van der Waals surface area contributed by atoms with Gasteiger partial charge in [-0.3, -0.25) is 0 Å². The van der Waals surface area contributed by atoms with Crippen LogP contribution in [0.15, 0.2) is 17.0 Å². The Hall–Kier alpha value is -0.360. The summed E-state index contributed by atoms with van der Waals surface area (Å²) in [6.07, 6.45) is 1.56. The average Bonchev–Trinajstić information content (AvgIpc) is 2.78. The second kappa shape index (κ2) is 5.56. The van der Waals surface area contributed by atoms with Crippen molar-refractivity contribution in [3.63, 3.8) is 0 Å². The molecule has 1 heterocycles. The maximum Gasteiger partial charge on any atom is 0.246 e. The lowest BCUT2D eigenvalue weighted by atomic mass is 10.2. The van der Waals surface area contributed by atoms with Gasteiger partial charge in [0.25, 0.3) is 0 Å². The van der Waals surface area contributed by atoms with Crippen LogP contribution in [-0.4, -0.2) is 25.3 Å². The van der Waals surface area contributed by atoms with Crippen molar-refractivity contribution in [3.05, 3.63) is 28.5 Å². The molecule has 0 saturated carbocycles. The van der Waals surface area contributed by atoms with E-state index in [0.717, 1.165) is 18.9 Å². The third kappa shape index (κ3) is 2.75. The molecule has 1 aliphatic heterocycles. The van der Waals surface area contributed by atoms with Gasteiger partial charge < -0.3 is 0 Å². The average molecular weight is 326 g/mol. The minimum absolute atomic E-state index is 0.0968. The molecule has 0 aromatic heterocycles. The highest BCUT2D eigenvalue weighted by molar-refractivity contribution is 7.89. The van der Waals surface area contributed by atoms with Gasteiger partial charge in [0.05, 0.1) is 5.88 Å². The van der Waals surface area contributed by atoms with Crippen molar-refractivity contribution in [2.75, 3.05) is 6.54 Å². The van der Waals surface area contributed by atoms with Crippen molar-refractivity contribution in [1.82, 2.24) is 4.31 Å². The minimum atomic E-state index is -3.86. The number of nitrogens with zero attached hydrogens (tertiary/aromatic N) is 1. The van der Waals surface area contributed by atoms with E-state index in [1.165, 1.54) is 10.4 Å². The van der Waals surface area contributed by atoms with Crippen LogP contribution >= 0.6 is 23.2 Å². The SMILES string of the molecule is CC1CCCN1S(=O)(=O)c1cc(Cl)cc(CCl)c1F. The molecule has 0 radical (unpaired) electrons. The minimum Gasteiger partial charge on any atom is -0.207 e. The van der Waals surface area contributed by atoms with Crippen molar-refractivity contribution in [3.8, 4) is 0 Å². The lowest BCUT2D eigenvalue weighted by Crippen LogP contribution is -2.34. The van der Waals surface area contributed by atoms with E-state index in [-0.39, 0.29) is 27.4 Å². The van der Waals surface area contributed by atoms with Gasteiger partial charge >= 0.3 is 0 Å². The number of alkyl halides is 1. The summed E-state index contributed by atoms with van der Waals surface area (Å²) in [6, 6.07) is 2.37. The van der Waals surface area contributed by atoms with Gasteiger partial charge in [-0.25, -0.2) is 12.8 Å². The van der Waals surface area contributed by atoms with E-state index in [2.05, 4.69) is 0 Å². The Morgan fingerprint density at radius 3 is 2.68 bits per heavy atom. The Balaban J connectivity index is 2.54. The van der Waals surface area contributed by atoms with Crippen molar-refractivity contribution in [2.24, 2.45) is 0 Å². The van der Waals surface area contributed by atoms with Crippen molar-refractivity contribution < 1.29 is 12.8 Å². The topological polar surface area (TPSA) is 37.4 Å². The van der Waals surface area contributed by atoms with Gasteiger partial charge in [-0.2, -0.15) is 4.31 Å². The van der Waals surface area contributed by atoms with E-state index in [0.29, 0.717) is 6.54 Å². The predicted octanol–water partition coefficient (Wildman–Crippen LogP) is 3.39. The molecular formula is C12H14Cl2FNO2S. The zero-order valence-electron chi connectivity index (χ0n) is 10.4. The molecule has 1 aromatic carbocycles. The van der Waals surface area contributed by atoms with Crippen LogP contribution in [0.1, 0.15) is 25.3 Å². The fraction of sp³-hybridized carbons (Fsp3) is 0.500. The van der Waals surface area contributed by atoms with Gasteiger partial charge in [-0.05, 0) is 31.9 Å². The summed E-state index contributed by atoms with van der Waals surface area (Å²) in [6.45, 7) is 2.22. The molecule has 1 aliphatic rings. The standard InChI is InChI=1S/C12H14Cl2FNO2S/c1-8-3-2-4-16(8)19(17,18)11-6-10(14)5-9(7-13)12(11)15/h5-6,8H,2-4,7H2,1H3. The molecule has 2 rings (SSSR count). The number of hydrogen-bond acceptors (Lipinski definition) is 2. The maximum atomic E-state index is 14.2. The third-order valence-corrected chi connectivity index (χ3v) is 5.82. The van der Waals surface area contributed by atoms with Gasteiger partial charge in [0.1, 0.15) is 10.7 Å². The first-order valence-corrected chi connectivity index (χ1v) is 8.29. The second-order valence-corrected chi connectivity index (χ2v) is 7.18. The van der Waals surface area contributed by atoms with Crippen LogP contribution < -0.4 is 0 Å². The summed E-state index contributed by atoms with van der Waals surface area (Å²) in [7, 11) is -3.86. The molecule has 0 aliphatic carbocycles. The van der Waals surface area contributed by atoms with Crippen LogP contribution in [0.2, 0.25) is 5.02 Å². The molecule has 19 heavy (non-hydrogen) atoms. The van der Waals surface area contributed by atoms with Crippen LogP contribution in [0.4, 0.5) is 4.39 Å². The molecule has 0 N–H and O–H groups in total. The molecule has 1 unspecified atom stereocenters. The molecule has 106 valence electrons. The van der Waals surface area contributed by atoms with Gasteiger partial charge in [0.15, 0.2) is 0 Å². The van der Waals surface area contributed by atoms with Crippen molar-refractivity contribution >= 4 is 33.2 Å². The largest absolute Gasteiger partial charge is 0.246 e. The third-order valence-electron chi connectivity index (χ3n) is 3.30. The Morgan fingerprint density at radius 2 is 2.16 bits per heavy atom. The lowest BCUT2D eigenvalue weighted by Gasteiger charge is -2.21. The highest BCUT2D eigenvalue weighted by Gasteiger charge is 2.35. The normalized spacial score (nSPS) is 20.9. The smallest absolute Gasteiger partial charge is 0.207 e. The number of rotatable bonds is 3. The highest BCUT2D eigenvalue weighted by Crippen LogP contribution is 2.31. The zero-order chi connectivity index (χ0) is 14.2. The van der Waals surface area contributed by atoms with Crippen LogP contribution in [0.25, 0.3) is 0 Å². The number of halogens is 3. The summed E-state index contributed by atoms with van der Waals surface area (Å²) in [5.41, 5.74) is 0.0968. The summed E-state index contributed by atoms with van der Waals surface area (Å²) in [5.74, 6) is -0.928. The molecule has 1 saturated heterocycles. The van der Waals surface area contributed by atoms with Crippen molar-refractivity contribution in [2.45, 2.75) is 36.6 Å². The summed E-state index contributed by atoms with van der Waals surface area (Å²) in [4.78, 5) is -0.385. The number of sulfonamides is 1. The first kappa shape index (κ1) is 15.0. The Morgan fingerprint density at radius 1 is 1.47 bits per heavy atom. The van der Waals surface area contributed by atoms with Crippen LogP contribution in [0.3, 0.4) is 0 Å². The van der Waals surface area contributed by atoms with Gasteiger partial charge in [-0.15, -0.1) is 11.6 Å². The lowest BCUT2D eigenvalue weighted by molar-refractivity contribution is 0.404. The maximum absolute atomic E-state index is 14.2. The van der Waals surface area contributed by atoms with E-state index in [1.54, 1.807) is 0 Å². The molecule has 0 spiro atoms. The van der Waals surface area contributed by atoms with Gasteiger partial charge in [0.2, 0.25) is 10.0 Å². The Bertz CT molecular complexity index is 592. The number of hydrogen-bond donors (Lipinski definition) is 0. The van der Waals surface area contributed by atoms with E-state index in [1.807, 2.05) is 6.92 Å².